The van der Waals surface area contributed by atoms with Crippen LogP contribution >= 0.6 is 0 Å². The molecule has 0 spiro atoms. The number of nitrogens with zero attached hydrogens (tertiary/aromatic N) is 7. The predicted molar refractivity (Wildman–Crippen MR) is 136 cm³/mol. The lowest BCUT2D eigenvalue weighted by molar-refractivity contribution is -0.936. The molecular formula is C26H31N8O+. The first-order valence-electron chi connectivity index (χ1n) is 12.1. The third-order valence-corrected chi connectivity index (χ3v) is 6.97. The Morgan fingerprint density at radius 3 is 2.40 bits per heavy atom. The fourth-order valence-electron chi connectivity index (χ4n) is 4.57. The molecule has 0 saturated heterocycles. The molecule has 0 unspecified atom stereocenters. The van der Waals surface area contributed by atoms with Crippen molar-refractivity contribution in [2.24, 2.45) is 0 Å². The van der Waals surface area contributed by atoms with E-state index in [0.29, 0.717) is 5.75 Å². The summed E-state index contributed by atoms with van der Waals surface area (Å²) >= 11 is 0. The minimum Gasteiger partial charge on any atom is -0.457 e. The van der Waals surface area contributed by atoms with E-state index in [2.05, 4.69) is 58.4 Å². The monoisotopic (exact) mass is 471 g/mol. The Bertz CT molecular complexity index is 1460. The largest absolute Gasteiger partial charge is 0.457 e. The van der Waals surface area contributed by atoms with Gasteiger partial charge in [0.15, 0.2) is 11.5 Å². The van der Waals surface area contributed by atoms with E-state index in [4.69, 9.17) is 4.74 Å². The SMILES string of the molecule is CC[N+](CC)(CC)Cc1ccn2ncnc(Nc3ccc(Oc4ccn5ncnc5c4)c(C)c3)c12. The molecule has 9 nitrogen and oxygen atoms in total. The number of benzene rings is 1. The van der Waals surface area contributed by atoms with Gasteiger partial charge in [0.05, 0.1) is 19.6 Å². The zero-order chi connectivity index (χ0) is 24.4. The van der Waals surface area contributed by atoms with Gasteiger partial charge in [-0.1, -0.05) is 0 Å². The lowest BCUT2D eigenvalue weighted by Crippen LogP contribution is -2.46. The van der Waals surface area contributed by atoms with Crippen molar-refractivity contribution >= 4 is 22.7 Å². The molecule has 4 heterocycles. The van der Waals surface area contributed by atoms with Crippen LogP contribution in [0.1, 0.15) is 31.9 Å². The highest BCUT2D eigenvalue weighted by atomic mass is 16.5. The maximum Gasteiger partial charge on any atom is 0.158 e. The molecule has 0 amide bonds. The van der Waals surface area contributed by atoms with E-state index in [1.165, 1.54) is 11.9 Å². The fourth-order valence-corrected chi connectivity index (χ4v) is 4.57. The van der Waals surface area contributed by atoms with Crippen molar-refractivity contribution in [1.29, 1.82) is 0 Å². The van der Waals surface area contributed by atoms with Gasteiger partial charge in [0.2, 0.25) is 0 Å². The molecule has 0 aliphatic rings. The quantitative estimate of drug-likeness (QED) is 0.305. The Hall–Kier alpha value is -3.98. The molecule has 5 rings (SSSR count). The average Bonchev–Trinajstić information content (AvgIpc) is 3.51. The zero-order valence-electron chi connectivity index (χ0n) is 20.6. The van der Waals surface area contributed by atoms with Gasteiger partial charge in [0, 0.05) is 29.7 Å². The highest BCUT2D eigenvalue weighted by Gasteiger charge is 2.24. The Balaban J connectivity index is 1.41. The Labute approximate surface area is 204 Å². The number of aromatic nitrogens is 6. The molecule has 0 bridgehead atoms. The molecule has 0 aliphatic carbocycles. The number of ether oxygens (including phenoxy) is 1. The summed E-state index contributed by atoms with van der Waals surface area (Å²) in [7, 11) is 0. The smallest absolute Gasteiger partial charge is 0.158 e. The van der Waals surface area contributed by atoms with E-state index in [1.54, 1.807) is 10.8 Å². The van der Waals surface area contributed by atoms with Crippen LogP contribution in [0, 0.1) is 6.92 Å². The predicted octanol–water partition coefficient (Wildman–Crippen LogP) is 4.99. The molecular weight excluding hydrogens is 440 g/mol. The van der Waals surface area contributed by atoms with Gasteiger partial charge in [-0.3, -0.25) is 0 Å². The molecule has 35 heavy (non-hydrogen) atoms. The number of aryl methyl sites for hydroxylation is 1. The number of pyridine rings is 1. The van der Waals surface area contributed by atoms with E-state index in [-0.39, 0.29) is 0 Å². The van der Waals surface area contributed by atoms with E-state index in [1.807, 2.05) is 48.1 Å². The van der Waals surface area contributed by atoms with Crippen molar-refractivity contribution in [3.8, 4) is 11.5 Å². The van der Waals surface area contributed by atoms with Crippen LogP contribution in [0.5, 0.6) is 11.5 Å². The Morgan fingerprint density at radius 1 is 0.886 bits per heavy atom. The number of fused-ring (bicyclic) bond motifs is 2. The summed E-state index contributed by atoms with van der Waals surface area (Å²) in [6.45, 7) is 13.0. The van der Waals surface area contributed by atoms with Crippen LogP contribution in [0.3, 0.4) is 0 Å². The summed E-state index contributed by atoms with van der Waals surface area (Å²) in [5.74, 6) is 2.30. The molecule has 180 valence electrons. The summed E-state index contributed by atoms with van der Waals surface area (Å²) in [5.41, 5.74) is 4.96. The van der Waals surface area contributed by atoms with Crippen molar-refractivity contribution in [3.05, 3.63) is 72.6 Å². The molecule has 0 radical (unpaired) electrons. The Kier molecular flexibility index (Phi) is 6.08. The van der Waals surface area contributed by atoms with Gasteiger partial charge < -0.3 is 14.5 Å². The van der Waals surface area contributed by atoms with Gasteiger partial charge in [-0.05, 0) is 63.6 Å². The van der Waals surface area contributed by atoms with E-state index in [9.17, 15) is 0 Å². The van der Waals surface area contributed by atoms with Gasteiger partial charge in [0.1, 0.15) is 36.2 Å². The van der Waals surface area contributed by atoms with Crippen LogP contribution in [0.15, 0.2) is 61.4 Å². The maximum atomic E-state index is 6.12. The first kappa shape index (κ1) is 22.8. The number of quaternary nitrogens is 1. The number of rotatable bonds is 9. The third kappa shape index (κ3) is 4.42. The highest BCUT2D eigenvalue weighted by molar-refractivity contribution is 5.76. The highest BCUT2D eigenvalue weighted by Crippen LogP contribution is 2.30. The number of hydrogen-bond donors (Lipinski definition) is 1. The second-order valence-corrected chi connectivity index (χ2v) is 8.82. The standard InChI is InChI=1S/C26H31N8O/c1-5-34(6-2,7-3)16-20-10-12-33-25(20)26(28-18-30-33)31-21-8-9-23(19(4)14-21)35-22-11-13-32-24(15-22)27-17-29-32/h8-15,17-18H,5-7,16H2,1-4H3,(H,28,30,31)/q+1. The van der Waals surface area contributed by atoms with Crippen LogP contribution in [0.25, 0.3) is 11.2 Å². The number of hydrogen-bond acceptors (Lipinski definition) is 6. The molecule has 5 aromatic rings. The first-order chi connectivity index (χ1) is 17.0. The van der Waals surface area contributed by atoms with Gasteiger partial charge in [-0.2, -0.15) is 10.2 Å². The van der Waals surface area contributed by atoms with Crippen LogP contribution in [-0.4, -0.2) is 53.3 Å². The van der Waals surface area contributed by atoms with Gasteiger partial charge in [-0.25, -0.2) is 19.0 Å². The second kappa shape index (κ2) is 9.34. The van der Waals surface area contributed by atoms with E-state index < -0.39 is 0 Å². The Morgan fingerprint density at radius 2 is 1.63 bits per heavy atom. The lowest BCUT2D eigenvalue weighted by atomic mass is 10.2. The van der Waals surface area contributed by atoms with Crippen LogP contribution < -0.4 is 10.1 Å². The van der Waals surface area contributed by atoms with Crippen LogP contribution in [0.2, 0.25) is 0 Å². The summed E-state index contributed by atoms with van der Waals surface area (Å²) in [4.78, 5) is 8.81. The number of nitrogens with one attached hydrogen (secondary N) is 1. The topological polar surface area (TPSA) is 81.6 Å². The minimum absolute atomic E-state index is 0.717. The van der Waals surface area contributed by atoms with Crippen molar-refractivity contribution in [2.75, 3.05) is 25.0 Å². The molecule has 0 atom stereocenters. The maximum absolute atomic E-state index is 6.12. The number of anilines is 2. The normalized spacial score (nSPS) is 11.9. The molecule has 0 fully saturated rings. The van der Waals surface area contributed by atoms with Crippen molar-refractivity contribution < 1.29 is 9.22 Å². The van der Waals surface area contributed by atoms with Gasteiger partial charge >= 0.3 is 0 Å². The summed E-state index contributed by atoms with van der Waals surface area (Å²) in [5, 5.41) is 12.1. The van der Waals surface area contributed by atoms with Crippen molar-refractivity contribution in [1.82, 2.24) is 29.2 Å². The van der Waals surface area contributed by atoms with Crippen molar-refractivity contribution in [3.63, 3.8) is 0 Å². The van der Waals surface area contributed by atoms with Crippen molar-refractivity contribution in [2.45, 2.75) is 34.2 Å². The summed E-state index contributed by atoms with van der Waals surface area (Å²) in [6.07, 6.45) is 6.96. The van der Waals surface area contributed by atoms with E-state index >= 15 is 0 Å². The summed E-state index contributed by atoms with van der Waals surface area (Å²) < 4.78 is 10.8. The first-order valence-corrected chi connectivity index (χ1v) is 12.1. The van der Waals surface area contributed by atoms with Crippen LogP contribution in [-0.2, 0) is 6.54 Å². The van der Waals surface area contributed by atoms with Gasteiger partial charge in [0.25, 0.3) is 0 Å². The average molecular weight is 472 g/mol. The van der Waals surface area contributed by atoms with Gasteiger partial charge in [-0.15, -0.1) is 0 Å². The van der Waals surface area contributed by atoms with Crippen LogP contribution in [0.4, 0.5) is 11.5 Å². The minimum atomic E-state index is 0.717. The molecule has 0 saturated carbocycles. The third-order valence-electron chi connectivity index (χ3n) is 6.97. The zero-order valence-corrected chi connectivity index (χ0v) is 20.6. The second-order valence-electron chi connectivity index (χ2n) is 8.82. The molecule has 0 aliphatic heterocycles. The molecule has 4 aromatic heterocycles. The molecule has 1 N–H and O–H groups in total. The molecule has 1 aromatic carbocycles. The fraction of sp³-hybridized carbons (Fsp3) is 0.308. The summed E-state index contributed by atoms with van der Waals surface area (Å²) in [6, 6.07) is 11.9. The molecule has 9 heteroatoms. The van der Waals surface area contributed by atoms with E-state index in [0.717, 1.165) is 64.6 Å². The lowest BCUT2D eigenvalue weighted by Gasteiger charge is -2.35.